The van der Waals surface area contributed by atoms with Crippen molar-refractivity contribution in [1.82, 2.24) is 10.6 Å². The van der Waals surface area contributed by atoms with Crippen LogP contribution in [0.15, 0.2) is 24.0 Å². The van der Waals surface area contributed by atoms with Crippen molar-refractivity contribution in [3.63, 3.8) is 0 Å². The molecule has 1 aliphatic carbocycles. The van der Waals surface area contributed by atoms with Gasteiger partial charge in [0.25, 0.3) is 0 Å². The molecular weight excluding hydrogens is 160 g/mol. The lowest BCUT2D eigenvalue weighted by atomic mass is 9.86. The van der Waals surface area contributed by atoms with Gasteiger partial charge in [0, 0.05) is 11.4 Å². The van der Waals surface area contributed by atoms with Gasteiger partial charge in [-0.15, -0.1) is 0 Å². The Balaban J connectivity index is 2.01. The van der Waals surface area contributed by atoms with Crippen molar-refractivity contribution >= 4 is 0 Å². The molecular formula is C11H18N2. The zero-order valence-corrected chi connectivity index (χ0v) is 8.10. The summed E-state index contributed by atoms with van der Waals surface area (Å²) >= 11 is 0. The van der Waals surface area contributed by atoms with Crippen molar-refractivity contribution in [3.8, 4) is 0 Å². The standard InChI is InChI=1S/C11H18N2/c1-9-7-11(13-8-12-9)10-5-3-2-4-6-10/h7,10,12-13H,1-6,8H2. The third-order valence-electron chi connectivity index (χ3n) is 2.98. The van der Waals surface area contributed by atoms with E-state index in [4.69, 9.17) is 0 Å². The van der Waals surface area contributed by atoms with Gasteiger partial charge in [-0.2, -0.15) is 0 Å². The van der Waals surface area contributed by atoms with Gasteiger partial charge in [-0.25, -0.2) is 0 Å². The number of rotatable bonds is 1. The predicted molar refractivity (Wildman–Crippen MR) is 54.9 cm³/mol. The summed E-state index contributed by atoms with van der Waals surface area (Å²) < 4.78 is 0. The molecule has 0 aromatic carbocycles. The van der Waals surface area contributed by atoms with Gasteiger partial charge in [0.05, 0.1) is 6.67 Å². The van der Waals surface area contributed by atoms with Crippen LogP contribution in [0, 0.1) is 5.92 Å². The Hall–Kier alpha value is -0.920. The minimum absolute atomic E-state index is 0.771. The number of allylic oxidation sites excluding steroid dienone is 2. The maximum atomic E-state index is 3.93. The zero-order valence-electron chi connectivity index (χ0n) is 8.10. The molecule has 1 aliphatic heterocycles. The molecule has 72 valence electrons. The summed E-state index contributed by atoms with van der Waals surface area (Å²) in [6, 6.07) is 0. The van der Waals surface area contributed by atoms with Crippen molar-refractivity contribution < 1.29 is 0 Å². The minimum Gasteiger partial charge on any atom is -0.371 e. The van der Waals surface area contributed by atoms with Gasteiger partial charge in [-0.1, -0.05) is 25.8 Å². The summed E-state index contributed by atoms with van der Waals surface area (Å²) in [5.74, 6) is 0.771. The largest absolute Gasteiger partial charge is 0.371 e. The average Bonchev–Trinajstić information content (AvgIpc) is 2.19. The summed E-state index contributed by atoms with van der Waals surface area (Å²) in [5, 5.41) is 6.58. The van der Waals surface area contributed by atoms with Crippen molar-refractivity contribution in [2.45, 2.75) is 32.1 Å². The highest BCUT2D eigenvalue weighted by Gasteiger charge is 2.18. The van der Waals surface area contributed by atoms with Crippen LogP contribution in [-0.2, 0) is 0 Å². The molecule has 0 atom stereocenters. The van der Waals surface area contributed by atoms with Crippen LogP contribution in [0.3, 0.4) is 0 Å². The normalized spacial score (nSPS) is 24.6. The van der Waals surface area contributed by atoms with Crippen molar-refractivity contribution in [3.05, 3.63) is 24.0 Å². The highest BCUT2D eigenvalue weighted by molar-refractivity contribution is 5.23. The molecule has 2 aliphatic rings. The van der Waals surface area contributed by atoms with Gasteiger partial charge in [-0.05, 0) is 24.8 Å². The quantitative estimate of drug-likeness (QED) is 0.642. The monoisotopic (exact) mass is 178 g/mol. The van der Waals surface area contributed by atoms with Gasteiger partial charge in [0.1, 0.15) is 0 Å². The molecule has 2 N–H and O–H groups in total. The molecule has 1 heterocycles. The first kappa shape index (κ1) is 8.67. The van der Waals surface area contributed by atoms with E-state index in [2.05, 4.69) is 23.3 Å². The summed E-state index contributed by atoms with van der Waals surface area (Å²) in [7, 11) is 0. The lowest BCUT2D eigenvalue weighted by molar-refractivity contribution is 0.381. The van der Waals surface area contributed by atoms with E-state index in [1.807, 2.05) is 0 Å². The van der Waals surface area contributed by atoms with Crippen LogP contribution in [0.4, 0.5) is 0 Å². The van der Waals surface area contributed by atoms with Crippen LogP contribution in [0.25, 0.3) is 0 Å². The minimum atomic E-state index is 0.771. The van der Waals surface area contributed by atoms with E-state index in [-0.39, 0.29) is 0 Å². The van der Waals surface area contributed by atoms with E-state index in [1.54, 1.807) is 0 Å². The lowest BCUT2D eigenvalue weighted by Crippen LogP contribution is -2.35. The Bertz CT molecular complexity index is 224. The molecule has 13 heavy (non-hydrogen) atoms. The van der Waals surface area contributed by atoms with Gasteiger partial charge >= 0.3 is 0 Å². The molecule has 0 unspecified atom stereocenters. The predicted octanol–water partition coefficient (Wildman–Crippen LogP) is 2.11. The fourth-order valence-corrected chi connectivity index (χ4v) is 2.23. The zero-order chi connectivity index (χ0) is 9.10. The SMILES string of the molecule is C=C1C=C(C2CCCCC2)NCN1. The van der Waals surface area contributed by atoms with Crippen LogP contribution in [-0.4, -0.2) is 6.67 Å². The molecule has 2 nitrogen and oxygen atoms in total. The van der Waals surface area contributed by atoms with Gasteiger partial charge < -0.3 is 10.6 Å². The van der Waals surface area contributed by atoms with Gasteiger partial charge in [-0.3, -0.25) is 0 Å². The van der Waals surface area contributed by atoms with Crippen molar-refractivity contribution in [2.75, 3.05) is 6.67 Å². The third-order valence-corrected chi connectivity index (χ3v) is 2.98. The van der Waals surface area contributed by atoms with Crippen LogP contribution in [0.5, 0.6) is 0 Å². The topological polar surface area (TPSA) is 24.1 Å². The summed E-state index contributed by atoms with van der Waals surface area (Å²) in [6.07, 6.45) is 9.08. The third kappa shape index (κ3) is 2.06. The molecule has 0 radical (unpaired) electrons. The summed E-state index contributed by atoms with van der Waals surface area (Å²) in [6.45, 7) is 4.78. The van der Waals surface area contributed by atoms with Crippen LogP contribution >= 0.6 is 0 Å². The summed E-state index contributed by atoms with van der Waals surface area (Å²) in [4.78, 5) is 0. The van der Waals surface area contributed by atoms with Gasteiger partial charge in [0.2, 0.25) is 0 Å². The Morgan fingerprint density at radius 2 is 1.92 bits per heavy atom. The Morgan fingerprint density at radius 1 is 1.15 bits per heavy atom. The molecule has 2 heteroatoms. The first-order chi connectivity index (χ1) is 6.36. The van der Waals surface area contributed by atoms with E-state index in [0.717, 1.165) is 18.3 Å². The van der Waals surface area contributed by atoms with Crippen LogP contribution in [0.2, 0.25) is 0 Å². The lowest BCUT2D eigenvalue weighted by Gasteiger charge is -2.28. The van der Waals surface area contributed by atoms with Crippen LogP contribution < -0.4 is 10.6 Å². The van der Waals surface area contributed by atoms with Gasteiger partial charge in [0.15, 0.2) is 0 Å². The number of hydrogen-bond acceptors (Lipinski definition) is 2. The molecule has 0 aromatic rings. The van der Waals surface area contributed by atoms with Crippen molar-refractivity contribution in [2.24, 2.45) is 5.92 Å². The first-order valence-corrected chi connectivity index (χ1v) is 5.24. The molecule has 0 saturated heterocycles. The summed E-state index contributed by atoms with van der Waals surface area (Å²) in [5.41, 5.74) is 2.46. The molecule has 0 aromatic heterocycles. The van der Waals surface area contributed by atoms with E-state index < -0.39 is 0 Å². The Kier molecular flexibility index (Phi) is 2.57. The van der Waals surface area contributed by atoms with Crippen LogP contribution in [0.1, 0.15) is 32.1 Å². The van der Waals surface area contributed by atoms with E-state index in [1.165, 1.54) is 37.8 Å². The average molecular weight is 178 g/mol. The first-order valence-electron chi connectivity index (χ1n) is 5.24. The number of nitrogens with one attached hydrogen (secondary N) is 2. The Labute approximate surface area is 80.1 Å². The molecule has 1 fully saturated rings. The second-order valence-corrected chi connectivity index (χ2v) is 3.99. The van der Waals surface area contributed by atoms with Crippen molar-refractivity contribution in [1.29, 1.82) is 0 Å². The smallest absolute Gasteiger partial charge is 0.0846 e. The molecule has 1 saturated carbocycles. The van der Waals surface area contributed by atoms with E-state index in [0.29, 0.717) is 0 Å². The fourth-order valence-electron chi connectivity index (χ4n) is 2.23. The fraction of sp³-hybridized carbons (Fsp3) is 0.636. The Morgan fingerprint density at radius 3 is 2.62 bits per heavy atom. The molecule has 0 bridgehead atoms. The molecule has 2 rings (SSSR count). The highest BCUT2D eigenvalue weighted by Crippen LogP contribution is 2.29. The highest BCUT2D eigenvalue weighted by atomic mass is 15.1. The second-order valence-electron chi connectivity index (χ2n) is 3.99. The van der Waals surface area contributed by atoms with E-state index in [9.17, 15) is 0 Å². The maximum Gasteiger partial charge on any atom is 0.0846 e. The maximum absolute atomic E-state index is 3.93. The molecule has 0 spiro atoms. The number of hydrogen-bond donors (Lipinski definition) is 2. The van der Waals surface area contributed by atoms with E-state index >= 15 is 0 Å². The second kappa shape index (κ2) is 3.86. The molecule has 0 amide bonds.